The first-order valence-electron chi connectivity index (χ1n) is 4.69. The Morgan fingerprint density at radius 3 is 2.07 bits per heavy atom. The zero-order chi connectivity index (χ0) is 11.9. The van der Waals surface area contributed by atoms with Crippen LogP contribution in [0.1, 0.15) is 18.9 Å². The van der Waals surface area contributed by atoms with Crippen LogP contribution in [0.2, 0.25) is 0 Å². The Bertz CT molecular complexity index is 362. The van der Waals surface area contributed by atoms with Crippen molar-refractivity contribution >= 4 is 10.1 Å². The molecule has 1 aromatic heterocycles. The standard InChI is InChI=1S/C9H14N.CH4O3S/c1-3-4-9-5-7-10(2)8-6-9;1-5(2,3)4/h5-8H,3-4H2,1-2H3;1H3,(H,2,3,4)/q+1;. The Labute approximate surface area is 91.3 Å². The van der Waals surface area contributed by atoms with Gasteiger partial charge in [-0.2, -0.15) is 8.42 Å². The molecule has 0 aromatic carbocycles. The Morgan fingerprint density at radius 2 is 1.73 bits per heavy atom. The summed E-state index contributed by atoms with van der Waals surface area (Å²) >= 11 is 0. The van der Waals surface area contributed by atoms with Crippen molar-refractivity contribution in [3.8, 4) is 0 Å². The minimum atomic E-state index is -3.67. The van der Waals surface area contributed by atoms with Crippen molar-refractivity contribution in [3.05, 3.63) is 30.1 Å². The van der Waals surface area contributed by atoms with Crippen molar-refractivity contribution in [2.45, 2.75) is 19.8 Å². The van der Waals surface area contributed by atoms with Gasteiger partial charge in [-0.05, 0) is 12.0 Å². The molecule has 4 nitrogen and oxygen atoms in total. The summed E-state index contributed by atoms with van der Waals surface area (Å²) in [6.07, 6.45) is 7.32. The SMILES string of the molecule is CCCc1cc[n+](C)cc1.CS(=O)(=O)O. The summed E-state index contributed by atoms with van der Waals surface area (Å²) in [7, 11) is -1.63. The van der Waals surface area contributed by atoms with Crippen LogP contribution in [0.5, 0.6) is 0 Å². The highest BCUT2D eigenvalue weighted by Crippen LogP contribution is 1.97. The molecule has 0 saturated carbocycles. The van der Waals surface area contributed by atoms with Gasteiger partial charge in [0, 0.05) is 12.1 Å². The fourth-order valence-electron chi connectivity index (χ4n) is 0.987. The number of hydrogen-bond acceptors (Lipinski definition) is 2. The summed E-state index contributed by atoms with van der Waals surface area (Å²) in [5.74, 6) is 0. The first kappa shape index (κ1) is 14.1. The van der Waals surface area contributed by atoms with E-state index in [1.165, 1.54) is 18.4 Å². The highest BCUT2D eigenvalue weighted by molar-refractivity contribution is 7.85. The van der Waals surface area contributed by atoms with Crippen LogP contribution >= 0.6 is 0 Å². The molecule has 1 N–H and O–H groups in total. The summed E-state index contributed by atoms with van der Waals surface area (Å²) in [6, 6.07) is 4.34. The summed E-state index contributed by atoms with van der Waals surface area (Å²) in [4.78, 5) is 0. The predicted molar refractivity (Wildman–Crippen MR) is 59.1 cm³/mol. The Balaban J connectivity index is 0.000000336. The Kier molecular flexibility index (Phi) is 6.12. The van der Waals surface area contributed by atoms with Crippen LogP contribution in [0.3, 0.4) is 0 Å². The lowest BCUT2D eigenvalue weighted by atomic mass is 10.2. The molecule has 0 fully saturated rings. The number of aromatic nitrogens is 1. The molecule has 0 aliphatic rings. The zero-order valence-corrected chi connectivity index (χ0v) is 10.2. The molecule has 5 heteroatoms. The number of rotatable bonds is 2. The molecule has 15 heavy (non-hydrogen) atoms. The number of nitrogens with zero attached hydrogens (tertiary/aromatic N) is 1. The van der Waals surface area contributed by atoms with Crippen molar-refractivity contribution in [1.82, 2.24) is 0 Å². The minimum absolute atomic E-state index is 0.715. The molecule has 0 aliphatic carbocycles. The van der Waals surface area contributed by atoms with Crippen LogP contribution in [0.25, 0.3) is 0 Å². The Hall–Kier alpha value is -0.940. The van der Waals surface area contributed by atoms with Crippen LogP contribution in [-0.4, -0.2) is 19.2 Å². The second-order valence-electron chi connectivity index (χ2n) is 3.35. The number of pyridine rings is 1. The lowest BCUT2D eigenvalue weighted by molar-refractivity contribution is -0.671. The van der Waals surface area contributed by atoms with E-state index in [1.807, 2.05) is 7.05 Å². The summed E-state index contributed by atoms with van der Waals surface area (Å²) in [5, 5.41) is 0. The molecule has 0 unspecified atom stereocenters. The monoisotopic (exact) mass is 232 g/mol. The maximum Gasteiger partial charge on any atom is 0.261 e. The first-order valence-corrected chi connectivity index (χ1v) is 6.54. The third-order valence-corrected chi connectivity index (χ3v) is 1.59. The molecule has 0 bridgehead atoms. The molecule has 86 valence electrons. The van der Waals surface area contributed by atoms with E-state index in [9.17, 15) is 8.42 Å². The second-order valence-corrected chi connectivity index (χ2v) is 4.82. The second kappa shape index (κ2) is 6.53. The van der Waals surface area contributed by atoms with Gasteiger partial charge in [0.2, 0.25) is 0 Å². The highest BCUT2D eigenvalue weighted by Gasteiger charge is 1.92. The van der Waals surface area contributed by atoms with Gasteiger partial charge in [0.1, 0.15) is 7.05 Å². The fraction of sp³-hybridized carbons (Fsp3) is 0.500. The number of hydrogen-bond donors (Lipinski definition) is 1. The molecule has 0 atom stereocenters. The molecular formula is C10H18NO3S+. The molecule has 0 aliphatic heterocycles. The zero-order valence-electron chi connectivity index (χ0n) is 9.34. The van der Waals surface area contributed by atoms with Crippen molar-refractivity contribution in [3.63, 3.8) is 0 Å². The lowest BCUT2D eigenvalue weighted by Gasteiger charge is -1.93. The van der Waals surface area contributed by atoms with Gasteiger partial charge in [-0.15, -0.1) is 0 Å². The smallest absolute Gasteiger partial charge is 0.261 e. The van der Waals surface area contributed by atoms with Crippen molar-refractivity contribution < 1.29 is 17.5 Å². The van der Waals surface area contributed by atoms with E-state index >= 15 is 0 Å². The summed E-state index contributed by atoms with van der Waals surface area (Å²) in [5.41, 5.74) is 1.43. The molecule has 1 heterocycles. The van der Waals surface area contributed by atoms with Crippen LogP contribution in [-0.2, 0) is 23.6 Å². The molecular weight excluding hydrogens is 214 g/mol. The predicted octanol–water partition coefficient (Wildman–Crippen LogP) is 0.968. The van der Waals surface area contributed by atoms with E-state index in [0.29, 0.717) is 6.26 Å². The quantitative estimate of drug-likeness (QED) is 0.610. The number of aryl methyl sites for hydroxylation is 2. The van der Waals surface area contributed by atoms with E-state index in [2.05, 4.69) is 36.0 Å². The summed E-state index contributed by atoms with van der Waals surface area (Å²) in [6.45, 7) is 2.20. The highest BCUT2D eigenvalue weighted by atomic mass is 32.2. The van der Waals surface area contributed by atoms with Gasteiger partial charge in [0.25, 0.3) is 10.1 Å². The lowest BCUT2D eigenvalue weighted by Crippen LogP contribution is -2.25. The van der Waals surface area contributed by atoms with Crippen LogP contribution in [0, 0.1) is 0 Å². The molecule has 0 radical (unpaired) electrons. The van der Waals surface area contributed by atoms with Gasteiger partial charge < -0.3 is 0 Å². The van der Waals surface area contributed by atoms with E-state index in [4.69, 9.17) is 4.55 Å². The Morgan fingerprint density at radius 1 is 1.33 bits per heavy atom. The van der Waals surface area contributed by atoms with Gasteiger partial charge in [-0.25, -0.2) is 4.57 Å². The molecule has 1 aromatic rings. The average molecular weight is 232 g/mol. The van der Waals surface area contributed by atoms with Crippen molar-refractivity contribution in [2.75, 3.05) is 6.26 Å². The maximum atomic E-state index is 9.19. The van der Waals surface area contributed by atoms with E-state index in [-0.39, 0.29) is 0 Å². The average Bonchev–Trinajstić information content (AvgIpc) is 2.06. The van der Waals surface area contributed by atoms with E-state index in [0.717, 1.165) is 0 Å². The van der Waals surface area contributed by atoms with Gasteiger partial charge >= 0.3 is 0 Å². The fourth-order valence-corrected chi connectivity index (χ4v) is 0.987. The largest absolute Gasteiger partial charge is 0.286 e. The first-order chi connectivity index (χ1) is 6.83. The van der Waals surface area contributed by atoms with Gasteiger partial charge in [-0.1, -0.05) is 13.3 Å². The van der Waals surface area contributed by atoms with Gasteiger partial charge in [-0.3, -0.25) is 4.55 Å². The normalized spacial score (nSPS) is 10.4. The van der Waals surface area contributed by atoms with Crippen LogP contribution in [0.15, 0.2) is 24.5 Å². The van der Waals surface area contributed by atoms with E-state index < -0.39 is 10.1 Å². The molecule has 0 spiro atoms. The third-order valence-electron chi connectivity index (χ3n) is 1.59. The van der Waals surface area contributed by atoms with Gasteiger partial charge in [0.15, 0.2) is 12.4 Å². The minimum Gasteiger partial charge on any atom is -0.286 e. The molecule has 1 rings (SSSR count). The molecule has 0 saturated heterocycles. The molecule has 0 amide bonds. The van der Waals surface area contributed by atoms with E-state index in [1.54, 1.807) is 0 Å². The topological polar surface area (TPSA) is 58.2 Å². The third kappa shape index (κ3) is 11.0. The van der Waals surface area contributed by atoms with Crippen LogP contribution in [0.4, 0.5) is 0 Å². The van der Waals surface area contributed by atoms with Gasteiger partial charge in [0.05, 0.1) is 6.26 Å². The van der Waals surface area contributed by atoms with Crippen molar-refractivity contribution in [2.24, 2.45) is 7.05 Å². The van der Waals surface area contributed by atoms with Crippen molar-refractivity contribution in [1.29, 1.82) is 0 Å². The van der Waals surface area contributed by atoms with Crippen LogP contribution < -0.4 is 4.57 Å². The summed E-state index contributed by atoms with van der Waals surface area (Å²) < 4.78 is 27.9. The maximum absolute atomic E-state index is 9.19.